The monoisotopic (exact) mass is 510 g/mol. The summed E-state index contributed by atoms with van der Waals surface area (Å²) >= 11 is 1.67. The second-order valence-electron chi connectivity index (χ2n) is 8.84. The Morgan fingerprint density at radius 2 is 1.94 bits per heavy atom. The van der Waals surface area contributed by atoms with Crippen LogP contribution in [0.15, 0.2) is 60.0 Å². The molecule has 2 amide bonds. The number of carbonyl (C=O) groups is 2. The van der Waals surface area contributed by atoms with Crippen LogP contribution in [-0.2, 0) is 11.2 Å². The van der Waals surface area contributed by atoms with Gasteiger partial charge in [-0.2, -0.15) is 0 Å². The van der Waals surface area contributed by atoms with Gasteiger partial charge >= 0.3 is 0 Å². The number of carbonyl (C=O) groups excluding carboxylic acids is 2. The Bertz CT molecular complexity index is 1210. The van der Waals surface area contributed by atoms with E-state index in [0.717, 1.165) is 12.0 Å². The molecule has 1 aliphatic rings. The van der Waals surface area contributed by atoms with Crippen molar-refractivity contribution in [1.29, 1.82) is 0 Å². The van der Waals surface area contributed by atoms with Crippen LogP contribution in [0.5, 0.6) is 11.5 Å². The van der Waals surface area contributed by atoms with Crippen LogP contribution in [0.2, 0.25) is 0 Å². The summed E-state index contributed by atoms with van der Waals surface area (Å²) in [6, 6.07) is 14.5. The topological polar surface area (TPSA) is 59.1 Å². The minimum atomic E-state index is -0.374. The average Bonchev–Trinajstić information content (AvgIpc) is 3.38. The van der Waals surface area contributed by atoms with Crippen molar-refractivity contribution in [3.63, 3.8) is 0 Å². The molecule has 2 atom stereocenters. The first-order valence-corrected chi connectivity index (χ1v) is 13.0. The quantitative estimate of drug-likeness (QED) is 0.390. The Balaban J connectivity index is 1.55. The fourth-order valence-corrected chi connectivity index (χ4v) is 5.34. The fraction of sp³-hybridized carbons (Fsp3) is 0.357. The molecule has 0 N–H and O–H groups in total. The van der Waals surface area contributed by atoms with Gasteiger partial charge in [0.15, 0.2) is 0 Å². The molecular weight excluding hydrogens is 479 g/mol. The molecule has 1 aromatic heterocycles. The van der Waals surface area contributed by atoms with E-state index in [-0.39, 0.29) is 42.9 Å². The number of fused-ring (bicyclic) bond motifs is 1. The van der Waals surface area contributed by atoms with E-state index in [1.54, 1.807) is 64.6 Å². The van der Waals surface area contributed by atoms with Crippen LogP contribution in [-0.4, -0.2) is 54.5 Å². The van der Waals surface area contributed by atoms with Gasteiger partial charge in [0, 0.05) is 29.1 Å². The van der Waals surface area contributed by atoms with E-state index in [4.69, 9.17) is 9.47 Å². The number of benzene rings is 2. The highest BCUT2D eigenvalue weighted by Crippen LogP contribution is 2.34. The van der Waals surface area contributed by atoms with Crippen molar-refractivity contribution in [2.75, 3.05) is 26.8 Å². The summed E-state index contributed by atoms with van der Waals surface area (Å²) in [7, 11) is 1.56. The third-order valence-corrected chi connectivity index (χ3v) is 7.62. The summed E-state index contributed by atoms with van der Waals surface area (Å²) in [5, 5.41) is 2.02. The fourth-order valence-electron chi connectivity index (χ4n) is 4.41. The SMILES string of the molecule is CC[C@@H](C)N(CC(=O)N1CCc2sccc2[C@@H]1COc1cccc(F)c1)C(=O)c1cccc(OC)c1. The predicted octanol–water partition coefficient (Wildman–Crippen LogP) is 5.34. The molecule has 0 radical (unpaired) electrons. The number of ether oxygens (including phenoxy) is 2. The summed E-state index contributed by atoms with van der Waals surface area (Å²) < 4.78 is 24.9. The number of rotatable bonds is 9. The first-order valence-electron chi connectivity index (χ1n) is 12.1. The van der Waals surface area contributed by atoms with Crippen LogP contribution in [0.1, 0.15) is 47.1 Å². The van der Waals surface area contributed by atoms with Crippen molar-refractivity contribution >= 4 is 23.2 Å². The summed E-state index contributed by atoms with van der Waals surface area (Å²) in [6.07, 6.45) is 1.46. The molecule has 6 nitrogen and oxygen atoms in total. The van der Waals surface area contributed by atoms with Crippen LogP contribution in [0, 0.1) is 5.82 Å². The molecule has 0 saturated carbocycles. The van der Waals surface area contributed by atoms with E-state index < -0.39 is 0 Å². The maximum absolute atomic E-state index is 13.7. The third-order valence-electron chi connectivity index (χ3n) is 6.63. The molecule has 36 heavy (non-hydrogen) atoms. The first-order chi connectivity index (χ1) is 17.4. The Morgan fingerprint density at radius 3 is 2.69 bits per heavy atom. The second kappa shape index (κ2) is 11.6. The zero-order chi connectivity index (χ0) is 25.7. The van der Waals surface area contributed by atoms with Gasteiger partial charge in [-0.25, -0.2) is 4.39 Å². The van der Waals surface area contributed by atoms with Gasteiger partial charge in [0.1, 0.15) is 30.5 Å². The highest BCUT2D eigenvalue weighted by Gasteiger charge is 2.34. The number of methoxy groups -OCH3 is 1. The number of hydrogen-bond acceptors (Lipinski definition) is 5. The Labute approximate surface area is 215 Å². The molecule has 0 fully saturated rings. The maximum atomic E-state index is 13.7. The van der Waals surface area contributed by atoms with Gasteiger partial charge in [-0.3, -0.25) is 9.59 Å². The van der Waals surface area contributed by atoms with Crippen molar-refractivity contribution in [3.8, 4) is 11.5 Å². The minimum absolute atomic E-state index is 0.0407. The van der Waals surface area contributed by atoms with E-state index in [1.165, 1.54) is 17.0 Å². The maximum Gasteiger partial charge on any atom is 0.254 e. The molecule has 0 unspecified atom stereocenters. The highest BCUT2D eigenvalue weighted by atomic mass is 32.1. The Kier molecular flexibility index (Phi) is 8.25. The van der Waals surface area contributed by atoms with Crippen LogP contribution < -0.4 is 9.47 Å². The van der Waals surface area contributed by atoms with Crippen molar-refractivity contribution < 1.29 is 23.5 Å². The Hall–Kier alpha value is -3.39. The van der Waals surface area contributed by atoms with Crippen molar-refractivity contribution in [2.24, 2.45) is 0 Å². The van der Waals surface area contributed by atoms with Crippen LogP contribution in [0.4, 0.5) is 4.39 Å². The number of halogens is 1. The van der Waals surface area contributed by atoms with Gasteiger partial charge in [0.25, 0.3) is 5.91 Å². The van der Waals surface area contributed by atoms with E-state index in [9.17, 15) is 14.0 Å². The lowest BCUT2D eigenvalue weighted by molar-refractivity contribution is -0.136. The molecule has 0 aliphatic carbocycles. The van der Waals surface area contributed by atoms with E-state index in [2.05, 4.69) is 0 Å². The van der Waals surface area contributed by atoms with Gasteiger partial charge in [0.05, 0.1) is 13.2 Å². The highest BCUT2D eigenvalue weighted by molar-refractivity contribution is 7.10. The molecule has 0 saturated heterocycles. The number of hydrogen-bond donors (Lipinski definition) is 0. The molecule has 0 bridgehead atoms. The standard InChI is InChI=1S/C28H31FN2O4S/c1-4-19(2)31(28(33)20-7-5-9-22(15-20)34-3)17-27(32)30-13-11-26-24(12-14-36-26)25(30)18-35-23-10-6-8-21(29)16-23/h5-10,12,14-16,19,25H,4,11,13,17-18H2,1-3H3/t19-,25+/m1/s1. The molecule has 1 aliphatic heterocycles. The smallest absolute Gasteiger partial charge is 0.254 e. The lowest BCUT2D eigenvalue weighted by Gasteiger charge is -2.38. The van der Waals surface area contributed by atoms with Gasteiger partial charge in [-0.15, -0.1) is 11.3 Å². The molecule has 3 aromatic rings. The summed E-state index contributed by atoms with van der Waals surface area (Å²) in [5.74, 6) is 0.278. The first kappa shape index (κ1) is 25.7. The molecular formula is C28H31FN2O4S. The van der Waals surface area contributed by atoms with Crippen molar-refractivity contribution in [2.45, 2.75) is 38.8 Å². The van der Waals surface area contributed by atoms with Gasteiger partial charge in [0.2, 0.25) is 5.91 Å². The van der Waals surface area contributed by atoms with Gasteiger partial charge < -0.3 is 19.3 Å². The summed E-state index contributed by atoms with van der Waals surface area (Å²) in [5.41, 5.74) is 1.53. The number of amides is 2. The van der Waals surface area contributed by atoms with Crippen LogP contribution in [0.3, 0.4) is 0 Å². The molecule has 2 heterocycles. The van der Waals surface area contributed by atoms with Crippen molar-refractivity contribution in [3.05, 3.63) is 81.8 Å². The van der Waals surface area contributed by atoms with Crippen LogP contribution in [0.25, 0.3) is 0 Å². The van der Waals surface area contributed by atoms with Gasteiger partial charge in [-0.1, -0.05) is 19.1 Å². The zero-order valence-electron chi connectivity index (χ0n) is 20.8. The lowest BCUT2D eigenvalue weighted by atomic mass is 10.00. The van der Waals surface area contributed by atoms with Crippen LogP contribution >= 0.6 is 11.3 Å². The summed E-state index contributed by atoms with van der Waals surface area (Å²) in [4.78, 5) is 31.8. The molecule has 190 valence electrons. The van der Waals surface area contributed by atoms with E-state index in [0.29, 0.717) is 30.0 Å². The van der Waals surface area contributed by atoms with E-state index >= 15 is 0 Å². The minimum Gasteiger partial charge on any atom is -0.497 e. The molecule has 8 heteroatoms. The normalized spacial score (nSPS) is 15.7. The van der Waals surface area contributed by atoms with Gasteiger partial charge in [-0.05, 0) is 67.1 Å². The number of thiophene rings is 1. The molecule has 4 rings (SSSR count). The zero-order valence-corrected chi connectivity index (χ0v) is 21.6. The Morgan fingerprint density at radius 1 is 1.17 bits per heavy atom. The lowest BCUT2D eigenvalue weighted by Crippen LogP contribution is -2.49. The molecule has 2 aromatic carbocycles. The summed E-state index contributed by atoms with van der Waals surface area (Å²) in [6.45, 7) is 4.64. The average molecular weight is 511 g/mol. The second-order valence-corrected chi connectivity index (χ2v) is 9.84. The predicted molar refractivity (Wildman–Crippen MR) is 138 cm³/mol. The molecule has 0 spiro atoms. The van der Waals surface area contributed by atoms with Crippen molar-refractivity contribution in [1.82, 2.24) is 9.80 Å². The van der Waals surface area contributed by atoms with E-state index in [1.807, 2.05) is 25.3 Å². The largest absolute Gasteiger partial charge is 0.497 e. The third kappa shape index (κ3) is 5.70. The number of nitrogens with zero attached hydrogens (tertiary/aromatic N) is 2.